The number of morpholine rings is 1. The minimum absolute atomic E-state index is 0. The smallest absolute Gasteiger partial charge is 0.258 e. The van der Waals surface area contributed by atoms with Crippen molar-refractivity contribution in [2.24, 2.45) is 0 Å². The molecule has 35 heavy (non-hydrogen) atoms. The summed E-state index contributed by atoms with van der Waals surface area (Å²) in [5, 5.41) is 15.6. The van der Waals surface area contributed by atoms with Gasteiger partial charge in [0.1, 0.15) is 0 Å². The predicted molar refractivity (Wildman–Crippen MR) is 136 cm³/mol. The van der Waals surface area contributed by atoms with Gasteiger partial charge in [0, 0.05) is 29.7 Å². The third kappa shape index (κ3) is 4.38. The molecule has 0 aliphatic carbocycles. The highest BCUT2D eigenvalue weighted by Crippen LogP contribution is 2.30. The largest absolute Gasteiger partial charge is 0.390 e. The van der Waals surface area contributed by atoms with Crippen molar-refractivity contribution in [2.75, 3.05) is 13.2 Å². The number of amides is 1. The third-order valence-corrected chi connectivity index (χ3v) is 7.66. The molecule has 2 N–H and O–H groups in total. The van der Waals surface area contributed by atoms with Crippen molar-refractivity contribution in [3.63, 3.8) is 0 Å². The second kappa shape index (κ2) is 9.74. The lowest BCUT2D eigenvalue weighted by atomic mass is 9.93. The number of fused-ring (bicyclic) bond motifs is 4. The number of aromatic nitrogens is 1. The molecule has 8 heteroatoms. The minimum atomic E-state index is -0.693. The third-order valence-electron chi connectivity index (χ3n) is 7.66. The first-order chi connectivity index (χ1) is 16.6. The highest BCUT2D eigenvalue weighted by molar-refractivity contribution is 5.99. The van der Waals surface area contributed by atoms with E-state index in [0.717, 1.165) is 24.6 Å². The fourth-order valence-corrected chi connectivity index (χ4v) is 5.75. The van der Waals surface area contributed by atoms with Crippen LogP contribution in [0.4, 0.5) is 0 Å². The lowest BCUT2D eigenvalue weighted by molar-refractivity contribution is -0.00714. The molecule has 1 amide bonds. The number of benzene rings is 2. The number of ether oxygens (including phenoxy) is 1. The van der Waals surface area contributed by atoms with Crippen LogP contribution in [0.25, 0.3) is 10.8 Å². The molecule has 2 aromatic carbocycles. The second-order valence-corrected chi connectivity index (χ2v) is 9.74. The van der Waals surface area contributed by atoms with Gasteiger partial charge in [0.25, 0.3) is 11.5 Å². The monoisotopic (exact) mass is 495 g/mol. The topological polar surface area (TPSA) is 83.8 Å². The number of pyridine rings is 1. The molecule has 2 fully saturated rings. The van der Waals surface area contributed by atoms with E-state index in [4.69, 9.17) is 4.74 Å². The number of aliphatic hydroxyl groups is 1. The van der Waals surface area contributed by atoms with E-state index in [1.165, 1.54) is 11.1 Å². The average Bonchev–Trinajstić information content (AvgIpc) is 3.12. The zero-order chi connectivity index (χ0) is 23.2. The quantitative estimate of drug-likeness (QED) is 0.581. The van der Waals surface area contributed by atoms with Crippen molar-refractivity contribution in [3.8, 4) is 0 Å². The van der Waals surface area contributed by atoms with Crippen LogP contribution in [0, 0.1) is 0 Å². The molecule has 6 rings (SSSR count). The van der Waals surface area contributed by atoms with E-state index >= 15 is 0 Å². The zero-order valence-corrected chi connectivity index (χ0v) is 20.2. The van der Waals surface area contributed by atoms with Crippen LogP contribution in [0.1, 0.15) is 34.3 Å². The van der Waals surface area contributed by atoms with Gasteiger partial charge >= 0.3 is 0 Å². The molecule has 4 heterocycles. The Bertz CT molecular complexity index is 1290. The molecule has 1 aromatic heterocycles. The first-order valence-corrected chi connectivity index (χ1v) is 12.1. The number of rotatable bonds is 4. The number of aliphatic hydroxyl groups excluding tert-OH is 1. The van der Waals surface area contributed by atoms with E-state index in [1.807, 2.05) is 29.2 Å². The Morgan fingerprint density at radius 1 is 1.09 bits per heavy atom. The number of nitrogens with zero attached hydrogens (tertiary/aromatic N) is 2. The lowest BCUT2D eigenvalue weighted by Crippen LogP contribution is -2.49. The van der Waals surface area contributed by atoms with Crippen molar-refractivity contribution in [2.45, 2.75) is 56.6 Å². The molecule has 0 saturated carbocycles. The van der Waals surface area contributed by atoms with E-state index < -0.39 is 6.10 Å². The average molecular weight is 496 g/mol. The minimum Gasteiger partial charge on any atom is -0.390 e. The summed E-state index contributed by atoms with van der Waals surface area (Å²) in [6, 6.07) is 15.6. The Labute approximate surface area is 210 Å². The molecule has 3 aliphatic heterocycles. The van der Waals surface area contributed by atoms with Crippen LogP contribution in [0.5, 0.6) is 0 Å². The molecule has 0 radical (unpaired) electrons. The molecule has 3 unspecified atom stereocenters. The summed E-state index contributed by atoms with van der Waals surface area (Å²) in [6.07, 6.45) is 3.73. The SMILES string of the molecule is Cl.O=C(c1ccc2c(=O)n(CC(O)[C@@H]3Cc4ccccc4CN3)ccc2c1)N1C2CCC1COC2. The van der Waals surface area contributed by atoms with E-state index in [-0.39, 0.29) is 48.5 Å². The number of carbonyl (C=O) groups excluding carboxylic acids is 1. The van der Waals surface area contributed by atoms with E-state index in [1.54, 1.807) is 22.9 Å². The van der Waals surface area contributed by atoms with Gasteiger partial charge in [-0.15, -0.1) is 12.4 Å². The highest BCUT2D eigenvalue weighted by Gasteiger charge is 2.40. The first kappa shape index (κ1) is 24.0. The van der Waals surface area contributed by atoms with Crippen molar-refractivity contribution in [1.29, 1.82) is 0 Å². The molecule has 2 bridgehead atoms. The van der Waals surface area contributed by atoms with E-state index in [2.05, 4.69) is 17.4 Å². The molecular weight excluding hydrogens is 466 g/mol. The molecule has 4 atom stereocenters. The fourth-order valence-electron chi connectivity index (χ4n) is 5.75. The number of nitrogens with one attached hydrogen (secondary N) is 1. The Kier molecular flexibility index (Phi) is 6.68. The number of halogens is 1. The lowest BCUT2D eigenvalue weighted by Gasteiger charge is -2.34. The first-order valence-electron chi connectivity index (χ1n) is 12.1. The summed E-state index contributed by atoms with van der Waals surface area (Å²) < 4.78 is 7.17. The molecule has 0 spiro atoms. The molecule has 2 saturated heterocycles. The Balaban J connectivity index is 0.00000253. The van der Waals surface area contributed by atoms with Crippen LogP contribution in [0.3, 0.4) is 0 Å². The predicted octanol–water partition coefficient (Wildman–Crippen LogP) is 2.50. The molecule has 3 aromatic rings. The normalized spacial score (nSPS) is 24.0. The van der Waals surface area contributed by atoms with Crippen LogP contribution in [0.2, 0.25) is 0 Å². The maximum atomic E-state index is 13.2. The van der Waals surface area contributed by atoms with Gasteiger partial charge in [-0.1, -0.05) is 24.3 Å². The Morgan fingerprint density at radius 3 is 2.60 bits per heavy atom. The van der Waals surface area contributed by atoms with Crippen molar-refractivity contribution in [1.82, 2.24) is 14.8 Å². The summed E-state index contributed by atoms with van der Waals surface area (Å²) in [6.45, 7) is 2.13. The van der Waals surface area contributed by atoms with Crippen LogP contribution in [0.15, 0.2) is 59.5 Å². The van der Waals surface area contributed by atoms with Crippen molar-refractivity contribution < 1.29 is 14.6 Å². The van der Waals surface area contributed by atoms with Gasteiger partial charge in [-0.3, -0.25) is 9.59 Å². The maximum absolute atomic E-state index is 13.2. The summed E-state index contributed by atoms with van der Waals surface area (Å²) >= 11 is 0. The van der Waals surface area contributed by atoms with Gasteiger partial charge in [0.05, 0.1) is 37.9 Å². The van der Waals surface area contributed by atoms with Gasteiger partial charge < -0.3 is 24.6 Å². The van der Waals surface area contributed by atoms with Crippen LogP contribution < -0.4 is 10.9 Å². The Hall–Kier alpha value is -2.71. The molecular formula is C27H30ClN3O4. The summed E-state index contributed by atoms with van der Waals surface area (Å²) in [4.78, 5) is 28.3. The number of hydrogen-bond acceptors (Lipinski definition) is 5. The van der Waals surface area contributed by atoms with Gasteiger partial charge in [-0.05, 0) is 60.0 Å². The zero-order valence-electron chi connectivity index (χ0n) is 19.4. The molecule has 3 aliphatic rings. The van der Waals surface area contributed by atoms with Crippen LogP contribution in [-0.2, 0) is 24.2 Å². The number of hydrogen-bond donors (Lipinski definition) is 2. The van der Waals surface area contributed by atoms with Gasteiger partial charge in [0.2, 0.25) is 0 Å². The summed E-state index contributed by atoms with van der Waals surface area (Å²) in [5.74, 6) is 0.0148. The Morgan fingerprint density at radius 2 is 1.83 bits per heavy atom. The molecule has 7 nitrogen and oxygen atoms in total. The maximum Gasteiger partial charge on any atom is 0.258 e. The van der Waals surface area contributed by atoms with Crippen molar-refractivity contribution >= 4 is 29.1 Å². The highest BCUT2D eigenvalue weighted by atomic mass is 35.5. The molecule has 184 valence electrons. The van der Waals surface area contributed by atoms with Gasteiger partial charge in [-0.25, -0.2) is 0 Å². The van der Waals surface area contributed by atoms with Crippen LogP contribution >= 0.6 is 12.4 Å². The number of carbonyl (C=O) groups is 1. The standard InChI is InChI=1S/C27H29N3O4.ClH/c31-25(24-12-17-3-1-2-4-20(17)13-28-24)14-29-10-9-18-11-19(5-8-23(18)27(29)33)26(32)30-21-6-7-22(30)16-34-15-21;/h1-5,8-11,21-22,24-25,28,31H,6-7,12-16H2;1H/t21?,22?,24-,25?;/m0./s1. The van der Waals surface area contributed by atoms with Crippen LogP contribution in [-0.4, -0.2) is 57.9 Å². The van der Waals surface area contributed by atoms with E-state index in [0.29, 0.717) is 30.7 Å². The summed E-state index contributed by atoms with van der Waals surface area (Å²) in [7, 11) is 0. The fraction of sp³-hybridized carbons (Fsp3) is 0.407. The second-order valence-electron chi connectivity index (χ2n) is 9.74. The summed E-state index contributed by atoms with van der Waals surface area (Å²) in [5.41, 5.74) is 2.94. The van der Waals surface area contributed by atoms with Gasteiger partial charge in [-0.2, -0.15) is 0 Å². The van der Waals surface area contributed by atoms with Gasteiger partial charge in [0.15, 0.2) is 0 Å². The van der Waals surface area contributed by atoms with E-state index in [9.17, 15) is 14.7 Å². The van der Waals surface area contributed by atoms with Crippen molar-refractivity contribution in [3.05, 3.63) is 81.8 Å².